The van der Waals surface area contributed by atoms with Crippen LogP contribution in [0.2, 0.25) is 5.02 Å². The molecule has 0 aromatic heterocycles. The number of hydrogen-bond acceptors (Lipinski definition) is 9. The Balaban J connectivity index is 1.85. The first kappa shape index (κ1) is 26.1. The Morgan fingerprint density at radius 1 is 1.09 bits per heavy atom. The molecule has 35 heavy (non-hydrogen) atoms. The van der Waals surface area contributed by atoms with Gasteiger partial charge in [0.05, 0.1) is 35.8 Å². The highest BCUT2D eigenvalue weighted by atomic mass is 35.5. The summed E-state index contributed by atoms with van der Waals surface area (Å²) in [5, 5.41) is -0.523. The summed E-state index contributed by atoms with van der Waals surface area (Å²) >= 11 is 7.08. The van der Waals surface area contributed by atoms with Gasteiger partial charge in [0.1, 0.15) is 12.3 Å². The number of carbonyl (C=O) groups is 4. The Kier molecular flexibility index (Phi) is 8.78. The number of ether oxygens (including phenoxy) is 4. The van der Waals surface area contributed by atoms with Crippen molar-refractivity contribution >= 4 is 52.5 Å². The number of amides is 2. The lowest BCUT2D eigenvalue weighted by Gasteiger charge is -2.14. The highest BCUT2D eigenvalue weighted by molar-refractivity contribution is 8.18. The summed E-state index contributed by atoms with van der Waals surface area (Å²) < 4.78 is 21.0. The zero-order valence-corrected chi connectivity index (χ0v) is 20.7. The lowest BCUT2D eigenvalue weighted by molar-refractivity contribution is -0.145. The fourth-order valence-corrected chi connectivity index (χ4v) is 4.13. The number of benzene rings is 2. The molecule has 0 N–H and O–H groups in total. The largest absolute Gasteiger partial charge is 0.497 e. The molecule has 1 aliphatic heterocycles. The number of halogens is 1. The Bertz CT molecular complexity index is 1180. The van der Waals surface area contributed by atoms with Crippen LogP contribution in [0.25, 0.3) is 6.08 Å². The Hall–Kier alpha value is -3.50. The number of rotatable bonds is 9. The molecule has 0 saturated carbocycles. The number of imide groups is 1. The van der Waals surface area contributed by atoms with Crippen molar-refractivity contribution in [3.63, 3.8) is 0 Å². The summed E-state index contributed by atoms with van der Waals surface area (Å²) in [6.07, 6.45) is 1.44. The summed E-state index contributed by atoms with van der Waals surface area (Å²) in [5.41, 5.74) is 0.716. The maximum absolute atomic E-state index is 12.6. The smallest absolute Gasteiger partial charge is 0.343 e. The van der Waals surface area contributed by atoms with Crippen LogP contribution in [-0.4, -0.2) is 54.9 Å². The van der Waals surface area contributed by atoms with E-state index >= 15 is 0 Å². The van der Waals surface area contributed by atoms with Gasteiger partial charge in [0, 0.05) is 0 Å². The molecule has 11 heteroatoms. The number of methoxy groups -OCH3 is 1. The van der Waals surface area contributed by atoms with E-state index in [0.717, 1.165) is 4.90 Å². The van der Waals surface area contributed by atoms with Crippen LogP contribution in [0.5, 0.6) is 17.2 Å². The normalized spacial score (nSPS) is 14.3. The molecule has 1 fully saturated rings. The second-order valence-corrected chi connectivity index (χ2v) is 8.35. The van der Waals surface area contributed by atoms with Gasteiger partial charge in [-0.1, -0.05) is 11.6 Å². The zero-order chi connectivity index (χ0) is 25.5. The molecule has 184 valence electrons. The average molecular weight is 520 g/mol. The zero-order valence-electron chi connectivity index (χ0n) is 19.2. The van der Waals surface area contributed by atoms with Crippen LogP contribution < -0.4 is 14.2 Å². The average Bonchev–Trinajstić information content (AvgIpc) is 3.08. The van der Waals surface area contributed by atoms with Gasteiger partial charge < -0.3 is 18.9 Å². The fourth-order valence-electron chi connectivity index (χ4n) is 3.04. The second kappa shape index (κ2) is 11.8. The van der Waals surface area contributed by atoms with Crippen LogP contribution in [0.15, 0.2) is 41.3 Å². The van der Waals surface area contributed by atoms with Crippen LogP contribution in [0, 0.1) is 0 Å². The Labute approximate surface area is 210 Å². The minimum atomic E-state index is -0.680. The van der Waals surface area contributed by atoms with Crippen molar-refractivity contribution in [3.8, 4) is 17.2 Å². The van der Waals surface area contributed by atoms with Gasteiger partial charge in [-0.25, -0.2) is 4.79 Å². The highest BCUT2D eigenvalue weighted by Gasteiger charge is 2.36. The molecule has 0 atom stereocenters. The molecular formula is C24H22ClNO8S. The van der Waals surface area contributed by atoms with E-state index in [1.165, 1.54) is 25.3 Å². The van der Waals surface area contributed by atoms with Crippen LogP contribution in [0.4, 0.5) is 4.79 Å². The van der Waals surface area contributed by atoms with Crippen LogP contribution in [0.3, 0.4) is 0 Å². The number of hydrogen-bond donors (Lipinski definition) is 0. The highest BCUT2D eigenvalue weighted by Crippen LogP contribution is 2.39. The van der Waals surface area contributed by atoms with E-state index in [-0.39, 0.29) is 40.2 Å². The van der Waals surface area contributed by atoms with Gasteiger partial charge in [-0.05, 0) is 73.6 Å². The molecule has 1 aliphatic rings. The van der Waals surface area contributed by atoms with E-state index in [1.54, 1.807) is 38.1 Å². The molecule has 0 unspecified atom stereocenters. The van der Waals surface area contributed by atoms with Crippen molar-refractivity contribution in [1.29, 1.82) is 0 Å². The molecule has 0 radical (unpaired) electrons. The lowest BCUT2D eigenvalue weighted by atomic mass is 10.1. The van der Waals surface area contributed by atoms with Crippen molar-refractivity contribution in [2.24, 2.45) is 0 Å². The first-order valence-corrected chi connectivity index (χ1v) is 11.7. The topological polar surface area (TPSA) is 108 Å². The van der Waals surface area contributed by atoms with E-state index in [1.807, 2.05) is 0 Å². The molecular weight excluding hydrogens is 498 g/mol. The van der Waals surface area contributed by atoms with E-state index in [9.17, 15) is 19.2 Å². The van der Waals surface area contributed by atoms with Gasteiger partial charge in [0.2, 0.25) is 0 Å². The third kappa shape index (κ3) is 6.34. The van der Waals surface area contributed by atoms with Crippen LogP contribution >= 0.6 is 23.4 Å². The predicted octanol–water partition coefficient (Wildman–Crippen LogP) is 4.57. The van der Waals surface area contributed by atoms with Crippen LogP contribution in [0.1, 0.15) is 29.8 Å². The van der Waals surface area contributed by atoms with Crippen molar-refractivity contribution in [1.82, 2.24) is 4.90 Å². The van der Waals surface area contributed by atoms with Crippen molar-refractivity contribution < 1.29 is 38.1 Å². The van der Waals surface area contributed by atoms with E-state index < -0.39 is 29.6 Å². The number of esters is 2. The first-order valence-electron chi connectivity index (χ1n) is 10.5. The van der Waals surface area contributed by atoms with Gasteiger partial charge in [0.25, 0.3) is 11.1 Å². The summed E-state index contributed by atoms with van der Waals surface area (Å²) in [6, 6.07) is 9.36. The number of carbonyl (C=O) groups excluding carboxylic acids is 4. The lowest BCUT2D eigenvalue weighted by Crippen LogP contribution is -2.34. The summed E-state index contributed by atoms with van der Waals surface area (Å²) in [5.74, 6) is -1.17. The molecule has 1 saturated heterocycles. The molecule has 3 rings (SSSR count). The van der Waals surface area contributed by atoms with Crippen molar-refractivity contribution in [2.75, 3.05) is 26.9 Å². The molecule has 9 nitrogen and oxygen atoms in total. The van der Waals surface area contributed by atoms with Gasteiger partial charge in [0.15, 0.2) is 11.5 Å². The van der Waals surface area contributed by atoms with Gasteiger partial charge in [-0.2, -0.15) is 0 Å². The molecule has 0 bridgehead atoms. The van der Waals surface area contributed by atoms with Crippen LogP contribution in [-0.2, 0) is 14.3 Å². The van der Waals surface area contributed by atoms with E-state index in [0.29, 0.717) is 23.1 Å². The molecule has 2 aromatic carbocycles. The summed E-state index contributed by atoms with van der Waals surface area (Å²) in [4.78, 5) is 50.1. The maximum Gasteiger partial charge on any atom is 0.343 e. The van der Waals surface area contributed by atoms with Gasteiger partial charge >= 0.3 is 11.9 Å². The maximum atomic E-state index is 12.6. The number of thioether (sulfide) groups is 1. The standard InChI is InChI=1S/C24H22ClNO8S/c1-4-32-18-11-14(12-19-22(28)26(24(30)35-19)13-20(27)33-5-2)10-17(25)21(18)34-23(29)15-6-8-16(31-3)9-7-15/h6-12H,4-5,13H2,1-3H3/b19-12-. The first-order chi connectivity index (χ1) is 16.8. The minimum absolute atomic E-state index is 0.0156. The van der Waals surface area contributed by atoms with Gasteiger partial charge in [-0.15, -0.1) is 0 Å². The van der Waals surface area contributed by atoms with Gasteiger partial charge in [-0.3, -0.25) is 19.3 Å². The summed E-state index contributed by atoms with van der Waals surface area (Å²) in [7, 11) is 1.52. The molecule has 0 aliphatic carbocycles. The van der Waals surface area contributed by atoms with E-state index in [2.05, 4.69) is 0 Å². The van der Waals surface area contributed by atoms with Crippen molar-refractivity contribution in [3.05, 3.63) is 57.5 Å². The Morgan fingerprint density at radius 3 is 2.43 bits per heavy atom. The van der Waals surface area contributed by atoms with E-state index in [4.69, 9.17) is 30.5 Å². The minimum Gasteiger partial charge on any atom is -0.497 e. The molecule has 1 heterocycles. The SMILES string of the molecule is CCOC(=O)CN1C(=O)S/C(=C\c2cc(Cl)c(OC(=O)c3ccc(OC)cc3)c(OCC)c2)C1=O. The predicted molar refractivity (Wildman–Crippen MR) is 130 cm³/mol. The second-order valence-electron chi connectivity index (χ2n) is 6.95. The molecule has 2 amide bonds. The molecule has 2 aromatic rings. The quantitative estimate of drug-likeness (QED) is 0.267. The third-order valence-corrected chi connectivity index (χ3v) is 5.80. The Morgan fingerprint density at radius 2 is 1.80 bits per heavy atom. The molecule has 0 spiro atoms. The van der Waals surface area contributed by atoms with Crippen molar-refractivity contribution in [2.45, 2.75) is 13.8 Å². The number of nitrogens with zero attached hydrogens (tertiary/aromatic N) is 1. The summed E-state index contributed by atoms with van der Waals surface area (Å²) in [6.45, 7) is 3.29. The fraction of sp³-hybridized carbons (Fsp3) is 0.250. The third-order valence-electron chi connectivity index (χ3n) is 4.62. The monoisotopic (exact) mass is 519 g/mol.